The van der Waals surface area contributed by atoms with Gasteiger partial charge in [0.25, 0.3) is 0 Å². The highest BCUT2D eigenvalue weighted by Gasteiger charge is 2.40. The summed E-state index contributed by atoms with van der Waals surface area (Å²) >= 11 is 0. The van der Waals surface area contributed by atoms with E-state index in [0.29, 0.717) is 12.8 Å². The number of rotatable bonds is 11. The predicted octanol–water partition coefficient (Wildman–Crippen LogP) is -0.367. The Hall–Kier alpha value is -2.94. The SMILES string of the molecule is C[C@H]([C@H](C)N1CC(=O)N(COC(=O)[C@@H](N)CC(C)(C)C)C(=O)C1)N1CC(=O)N(COC(=O)[C@@H](N)CC(C)(C)C)C(=O)C1. The average molecular weight is 597 g/mol. The molecule has 2 heterocycles. The molecule has 4 N–H and O–H groups in total. The van der Waals surface area contributed by atoms with Gasteiger partial charge in [0.1, 0.15) is 12.1 Å². The summed E-state index contributed by atoms with van der Waals surface area (Å²) in [7, 11) is 0. The van der Waals surface area contributed by atoms with Crippen LogP contribution in [0.15, 0.2) is 0 Å². The Balaban J connectivity index is 1.90. The lowest BCUT2D eigenvalue weighted by molar-refractivity contribution is -0.169. The molecule has 0 spiro atoms. The Morgan fingerprint density at radius 2 is 0.905 bits per heavy atom. The van der Waals surface area contributed by atoms with Crippen LogP contribution in [0, 0.1) is 10.8 Å². The molecule has 0 aromatic rings. The summed E-state index contributed by atoms with van der Waals surface area (Å²) in [4.78, 5) is 80.7. The number of carbonyl (C=O) groups excluding carboxylic acids is 6. The lowest BCUT2D eigenvalue weighted by atomic mass is 9.88. The molecule has 0 aromatic heterocycles. The predicted molar refractivity (Wildman–Crippen MR) is 152 cm³/mol. The average Bonchev–Trinajstić information content (AvgIpc) is 2.84. The Labute approximate surface area is 247 Å². The minimum absolute atomic E-state index is 0.116. The summed E-state index contributed by atoms with van der Waals surface area (Å²) in [5.41, 5.74) is 11.4. The second kappa shape index (κ2) is 14.0. The molecule has 2 rings (SSSR count). The van der Waals surface area contributed by atoms with Crippen molar-refractivity contribution in [2.75, 3.05) is 39.6 Å². The standard InChI is InChI=1S/C28H48N6O8/c1-17(31-11-21(35)33(22(36)12-31)15-41-25(39)19(29)9-27(3,4)5)18(2)32-13-23(37)34(24(38)14-32)16-42-26(40)20(30)10-28(6,7)8/h17-20H,9-16,29-30H2,1-8H3/t17-,18+,19-,20-/m0/s1. The molecule has 0 aliphatic carbocycles. The first-order valence-electron chi connectivity index (χ1n) is 14.2. The Morgan fingerprint density at radius 3 is 1.14 bits per heavy atom. The number of amides is 4. The number of nitrogens with zero attached hydrogens (tertiary/aromatic N) is 4. The van der Waals surface area contributed by atoms with Gasteiger partial charge in [-0.2, -0.15) is 0 Å². The minimum atomic E-state index is -0.874. The highest BCUT2D eigenvalue weighted by atomic mass is 16.6. The van der Waals surface area contributed by atoms with E-state index in [0.717, 1.165) is 9.80 Å². The second-order valence-electron chi connectivity index (χ2n) is 13.6. The number of hydrogen-bond acceptors (Lipinski definition) is 12. The third-order valence-corrected chi connectivity index (χ3v) is 7.35. The molecule has 2 aliphatic rings. The van der Waals surface area contributed by atoms with Crippen molar-refractivity contribution in [1.82, 2.24) is 19.6 Å². The molecule has 42 heavy (non-hydrogen) atoms. The molecule has 4 atom stereocenters. The third-order valence-electron chi connectivity index (χ3n) is 7.35. The zero-order valence-corrected chi connectivity index (χ0v) is 26.2. The van der Waals surface area contributed by atoms with Gasteiger partial charge in [0, 0.05) is 12.1 Å². The molecule has 2 fully saturated rings. The summed E-state index contributed by atoms with van der Waals surface area (Å²) in [6.07, 6.45) is 0.764. The van der Waals surface area contributed by atoms with E-state index in [1.807, 2.05) is 41.5 Å². The normalized spacial score (nSPS) is 20.8. The summed E-state index contributed by atoms with van der Waals surface area (Å²) in [5.74, 6) is -3.52. The van der Waals surface area contributed by atoms with Crippen molar-refractivity contribution in [3.63, 3.8) is 0 Å². The maximum Gasteiger partial charge on any atom is 0.324 e. The summed E-state index contributed by atoms with van der Waals surface area (Å²) in [6.45, 7) is 13.7. The lowest BCUT2D eigenvalue weighted by Crippen LogP contribution is -2.63. The van der Waals surface area contributed by atoms with Crippen molar-refractivity contribution in [3.05, 3.63) is 0 Å². The number of imide groups is 2. The molecule has 2 aliphatic heterocycles. The van der Waals surface area contributed by atoms with E-state index in [4.69, 9.17) is 20.9 Å². The molecule has 0 aromatic carbocycles. The minimum Gasteiger partial charge on any atom is -0.443 e. The smallest absolute Gasteiger partial charge is 0.324 e. The fourth-order valence-electron chi connectivity index (χ4n) is 4.86. The molecular formula is C28H48N6O8. The van der Waals surface area contributed by atoms with Gasteiger partial charge < -0.3 is 20.9 Å². The van der Waals surface area contributed by atoms with Crippen molar-refractivity contribution in [2.45, 2.75) is 92.4 Å². The van der Waals surface area contributed by atoms with Crippen molar-refractivity contribution in [1.29, 1.82) is 0 Å². The number of esters is 2. The highest BCUT2D eigenvalue weighted by molar-refractivity contribution is 6.00. The van der Waals surface area contributed by atoms with Gasteiger partial charge in [-0.15, -0.1) is 0 Å². The number of ether oxygens (including phenoxy) is 2. The van der Waals surface area contributed by atoms with Crippen LogP contribution in [0.25, 0.3) is 0 Å². The van der Waals surface area contributed by atoms with E-state index in [9.17, 15) is 28.8 Å². The fraction of sp³-hybridized carbons (Fsp3) is 0.786. The van der Waals surface area contributed by atoms with E-state index in [1.54, 1.807) is 23.6 Å². The van der Waals surface area contributed by atoms with Gasteiger partial charge in [-0.1, -0.05) is 41.5 Å². The number of piperazine rings is 2. The molecule has 0 unspecified atom stereocenters. The van der Waals surface area contributed by atoms with Crippen LogP contribution in [0.2, 0.25) is 0 Å². The van der Waals surface area contributed by atoms with E-state index >= 15 is 0 Å². The molecular weight excluding hydrogens is 548 g/mol. The van der Waals surface area contributed by atoms with E-state index < -0.39 is 61.1 Å². The third kappa shape index (κ3) is 10.1. The lowest BCUT2D eigenvalue weighted by Gasteiger charge is -2.43. The van der Waals surface area contributed by atoms with Gasteiger partial charge in [0.05, 0.1) is 26.2 Å². The van der Waals surface area contributed by atoms with Gasteiger partial charge in [-0.25, -0.2) is 9.80 Å². The van der Waals surface area contributed by atoms with Gasteiger partial charge in [-0.3, -0.25) is 38.6 Å². The Morgan fingerprint density at radius 1 is 0.643 bits per heavy atom. The van der Waals surface area contributed by atoms with Crippen LogP contribution in [0.1, 0.15) is 68.2 Å². The molecule has 14 nitrogen and oxygen atoms in total. The topological polar surface area (TPSA) is 186 Å². The molecule has 4 amide bonds. The summed E-state index contributed by atoms with van der Waals surface area (Å²) in [6, 6.07) is -2.52. The fourth-order valence-corrected chi connectivity index (χ4v) is 4.86. The summed E-state index contributed by atoms with van der Waals surface area (Å²) in [5, 5.41) is 0. The van der Waals surface area contributed by atoms with Crippen LogP contribution < -0.4 is 11.5 Å². The zero-order valence-electron chi connectivity index (χ0n) is 26.2. The largest absolute Gasteiger partial charge is 0.443 e. The van der Waals surface area contributed by atoms with Crippen LogP contribution in [-0.4, -0.2) is 119 Å². The summed E-state index contributed by atoms with van der Waals surface area (Å²) < 4.78 is 10.3. The zero-order chi connectivity index (χ0) is 32.2. The van der Waals surface area contributed by atoms with Crippen LogP contribution in [0.4, 0.5) is 0 Å². The molecule has 238 valence electrons. The number of carbonyl (C=O) groups is 6. The van der Waals surface area contributed by atoms with Crippen molar-refractivity contribution >= 4 is 35.6 Å². The van der Waals surface area contributed by atoms with Gasteiger partial charge in [0.2, 0.25) is 23.6 Å². The molecule has 2 saturated heterocycles. The van der Waals surface area contributed by atoms with Gasteiger partial charge in [0.15, 0.2) is 13.5 Å². The van der Waals surface area contributed by atoms with Crippen molar-refractivity contribution < 1.29 is 38.2 Å². The van der Waals surface area contributed by atoms with Crippen molar-refractivity contribution in [3.8, 4) is 0 Å². The molecule has 0 saturated carbocycles. The monoisotopic (exact) mass is 596 g/mol. The molecule has 14 heteroatoms. The Kier molecular flexibility index (Phi) is 11.8. The van der Waals surface area contributed by atoms with Gasteiger partial charge >= 0.3 is 11.9 Å². The van der Waals surface area contributed by atoms with Crippen LogP contribution in [0.3, 0.4) is 0 Å². The van der Waals surface area contributed by atoms with E-state index in [-0.39, 0.29) is 49.1 Å². The van der Waals surface area contributed by atoms with E-state index in [1.165, 1.54) is 0 Å². The number of nitrogens with two attached hydrogens (primary N) is 2. The van der Waals surface area contributed by atoms with E-state index in [2.05, 4.69) is 0 Å². The first-order chi connectivity index (χ1) is 19.2. The van der Waals surface area contributed by atoms with Gasteiger partial charge in [-0.05, 0) is 37.5 Å². The highest BCUT2D eigenvalue weighted by Crippen LogP contribution is 2.22. The second-order valence-corrected chi connectivity index (χ2v) is 13.6. The molecule has 0 radical (unpaired) electrons. The van der Waals surface area contributed by atoms with Crippen LogP contribution >= 0.6 is 0 Å². The van der Waals surface area contributed by atoms with Crippen LogP contribution in [-0.2, 0) is 38.2 Å². The number of hydrogen-bond donors (Lipinski definition) is 2. The Bertz CT molecular complexity index is 934. The first kappa shape index (κ1) is 35.3. The van der Waals surface area contributed by atoms with Crippen LogP contribution in [0.5, 0.6) is 0 Å². The van der Waals surface area contributed by atoms with Crippen molar-refractivity contribution in [2.24, 2.45) is 22.3 Å². The maximum absolute atomic E-state index is 12.8. The quantitative estimate of drug-likeness (QED) is 0.233. The molecule has 0 bridgehead atoms. The first-order valence-corrected chi connectivity index (χ1v) is 14.2. The maximum atomic E-state index is 12.8.